The fourth-order valence-corrected chi connectivity index (χ4v) is 4.63. The van der Waals surface area contributed by atoms with Crippen LogP contribution in [0.15, 0.2) is 0 Å². The van der Waals surface area contributed by atoms with Crippen molar-refractivity contribution in [2.75, 3.05) is 0 Å². The van der Waals surface area contributed by atoms with E-state index in [0.29, 0.717) is 22.7 Å². The molecule has 0 N–H and O–H groups in total. The molecule has 2 aliphatic rings. The molecule has 16 heavy (non-hydrogen) atoms. The molecule has 90 valence electrons. The minimum Gasteiger partial charge on any atom is -0.198 e. The maximum absolute atomic E-state index is 9.26. The molecule has 4 unspecified atom stereocenters. The van der Waals surface area contributed by atoms with Gasteiger partial charge in [-0.3, -0.25) is 0 Å². The summed E-state index contributed by atoms with van der Waals surface area (Å²) in [6.07, 6.45) is 6.51. The van der Waals surface area contributed by atoms with E-state index in [1.165, 1.54) is 25.7 Å². The smallest absolute Gasteiger partial charge is 0.0658 e. The van der Waals surface area contributed by atoms with E-state index in [1.54, 1.807) is 0 Å². The lowest BCUT2D eigenvalue weighted by Crippen LogP contribution is -2.48. The number of fused-ring (bicyclic) bond motifs is 1. The van der Waals surface area contributed by atoms with E-state index in [2.05, 4.69) is 33.8 Å². The van der Waals surface area contributed by atoms with Gasteiger partial charge in [-0.15, -0.1) is 0 Å². The molecule has 1 heteroatoms. The highest BCUT2D eigenvalue weighted by Crippen LogP contribution is 2.59. The van der Waals surface area contributed by atoms with Crippen molar-refractivity contribution in [2.45, 2.75) is 59.8 Å². The van der Waals surface area contributed by atoms with E-state index in [1.807, 2.05) is 0 Å². The highest BCUT2D eigenvalue weighted by atomic mass is 14.6. The van der Waals surface area contributed by atoms with Gasteiger partial charge in [-0.25, -0.2) is 0 Å². The number of hydrogen-bond donors (Lipinski definition) is 0. The summed E-state index contributed by atoms with van der Waals surface area (Å²) < 4.78 is 0. The largest absolute Gasteiger partial charge is 0.198 e. The van der Waals surface area contributed by atoms with Gasteiger partial charge < -0.3 is 0 Å². The standard InChI is InChI=1S/C15H25N/c1-11-9-15(4)7-5-6-14(2,3)13(15)8-12(11)10-16/h11-13H,5-9H2,1-4H3. The van der Waals surface area contributed by atoms with Crippen molar-refractivity contribution in [3.05, 3.63) is 0 Å². The second-order valence-corrected chi connectivity index (χ2v) is 7.20. The Labute approximate surface area is 100 Å². The van der Waals surface area contributed by atoms with Crippen LogP contribution < -0.4 is 0 Å². The first-order valence-electron chi connectivity index (χ1n) is 6.79. The molecular formula is C15H25N. The Bertz CT molecular complexity index is 312. The molecule has 0 heterocycles. The van der Waals surface area contributed by atoms with Gasteiger partial charge in [0.2, 0.25) is 0 Å². The molecule has 0 aromatic heterocycles. The maximum atomic E-state index is 9.26. The number of nitrogens with zero attached hydrogens (tertiary/aromatic N) is 1. The van der Waals surface area contributed by atoms with Crippen LogP contribution in [-0.4, -0.2) is 0 Å². The van der Waals surface area contributed by atoms with Crippen molar-refractivity contribution >= 4 is 0 Å². The fraction of sp³-hybridized carbons (Fsp3) is 0.933. The molecule has 0 amide bonds. The van der Waals surface area contributed by atoms with Gasteiger partial charge in [-0.2, -0.15) is 5.26 Å². The highest BCUT2D eigenvalue weighted by molar-refractivity contribution is 5.04. The average Bonchev–Trinajstić information content (AvgIpc) is 2.15. The second kappa shape index (κ2) is 3.76. The van der Waals surface area contributed by atoms with Crippen LogP contribution in [0.1, 0.15) is 59.8 Å². The third-order valence-corrected chi connectivity index (χ3v) is 5.48. The lowest BCUT2D eigenvalue weighted by Gasteiger charge is -2.56. The minimum atomic E-state index is 0.301. The van der Waals surface area contributed by atoms with E-state index >= 15 is 0 Å². The third kappa shape index (κ3) is 1.77. The minimum absolute atomic E-state index is 0.301. The van der Waals surface area contributed by atoms with Gasteiger partial charge in [0.1, 0.15) is 0 Å². The predicted octanol–water partition coefficient (Wildman–Crippen LogP) is 4.39. The molecule has 2 saturated carbocycles. The van der Waals surface area contributed by atoms with Gasteiger partial charge in [0.05, 0.1) is 6.07 Å². The Morgan fingerprint density at radius 1 is 1.19 bits per heavy atom. The predicted molar refractivity (Wildman–Crippen MR) is 66.7 cm³/mol. The maximum Gasteiger partial charge on any atom is 0.0658 e. The van der Waals surface area contributed by atoms with Crippen molar-refractivity contribution in [2.24, 2.45) is 28.6 Å². The van der Waals surface area contributed by atoms with Crippen molar-refractivity contribution in [1.82, 2.24) is 0 Å². The van der Waals surface area contributed by atoms with E-state index in [0.717, 1.165) is 12.3 Å². The number of nitriles is 1. The second-order valence-electron chi connectivity index (χ2n) is 7.20. The summed E-state index contributed by atoms with van der Waals surface area (Å²) >= 11 is 0. The van der Waals surface area contributed by atoms with E-state index in [9.17, 15) is 5.26 Å². The Morgan fingerprint density at radius 2 is 1.88 bits per heavy atom. The number of hydrogen-bond acceptors (Lipinski definition) is 1. The van der Waals surface area contributed by atoms with E-state index < -0.39 is 0 Å². The lowest BCUT2D eigenvalue weighted by atomic mass is 9.49. The van der Waals surface area contributed by atoms with Crippen molar-refractivity contribution in [1.29, 1.82) is 5.26 Å². The van der Waals surface area contributed by atoms with Gasteiger partial charge >= 0.3 is 0 Å². The molecule has 1 nitrogen and oxygen atoms in total. The number of rotatable bonds is 0. The summed E-state index contributed by atoms with van der Waals surface area (Å²) in [7, 11) is 0. The Kier molecular flexibility index (Phi) is 2.81. The molecular weight excluding hydrogens is 194 g/mol. The van der Waals surface area contributed by atoms with Crippen LogP contribution in [0, 0.1) is 39.9 Å². The topological polar surface area (TPSA) is 23.8 Å². The first kappa shape index (κ1) is 12.0. The monoisotopic (exact) mass is 219 g/mol. The van der Waals surface area contributed by atoms with E-state index in [-0.39, 0.29) is 0 Å². The molecule has 2 rings (SSSR count). The van der Waals surface area contributed by atoms with Crippen LogP contribution in [0.5, 0.6) is 0 Å². The molecule has 4 atom stereocenters. The molecule has 0 aromatic rings. The first-order chi connectivity index (χ1) is 7.39. The van der Waals surface area contributed by atoms with Crippen LogP contribution in [0.25, 0.3) is 0 Å². The molecule has 0 saturated heterocycles. The van der Waals surface area contributed by atoms with Crippen LogP contribution in [0.4, 0.5) is 0 Å². The normalized spacial score (nSPS) is 46.8. The molecule has 2 aliphatic carbocycles. The first-order valence-corrected chi connectivity index (χ1v) is 6.79. The SMILES string of the molecule is CC1CC2(C)CCCC(C)(C)C2CC1C#N. The molecule has 0 aliphatic heterocycles. The van der Waals surface area contributed by atoms with Crippen molar-refractivity contribution in [3.8, 4) is 6.07 Å². The van der Waals surface area contributed by atoms with Crippen LogP contribution in [0.2, 0.25) is 0 Å². The third-order valence-electron chi connectivity index (χ3n) is 5.48. The zero-order chi connectivity index (χ0) is 12.0. The Hall–Kier alpha value is -0.510. The van der Waals surface area contributed by atoms with Gasteiger partial charge in [0.25, 0.3) is 0 Å². The summed E-state index contributed by atoms with van der Waals surface area (Å²) in [5, 5.41) is 9.26. The zero-order valence-electron chi connectivity index (χ0n) is 11.2. The summed E-state index contributed by atoms with van der Waals surface area (Å²) in [5.74, 6) is 1.66. The average molecular weight is 219 g/mol. The van der Waals surface area contributed by atoms with Crippen LogP contribution >= 0.6 is 0 Å². The Morgan fingerprint density at radius 3 is 2.50 bits per heavy atom. The molecule has 0 spiro atoms. The zero-order valence-corrected chi connectivity index (χ0v) is 11.2. The molecule has 2 fully saturated rings. The molecule has 0 aromatic carbocycles. The Balaban J connectivity index is 2.27. The van der Waals surface area contributed by atoms with Gasteiger partial charge in [-0.1, -0.05) is 34.1 Å². The summed E-state index contributed by atoms with van der Waals surface area (Å²) in [4.78, 5) is 0. The van der Waals surface area contributed by atoms with Crippen molar-refractivity contribution in [3.63, 3.8) is 0 Å². The van der Waals surface area contributed by atoms with Gasteiger partial charge in [-0.05, 0) is 48.3 Å². The quantitative estimate of drug-likeness (QED) is 0.593. The fourth-order valence-electron chi connectivity index (χ4n) is 4.63. The lowest BCUT2D eigenvalue weighted by molar-refractivity contribution is -0.0597. The summed E-state index contributed by atoms with van der Waals surface area (Å²) in [6.45, 7) is 9.58. The van der Waals surface area contributed by atoms with Gasteiger partial charge in [0, 0.05) is 5.92 Å². The molecule has 0 bridgehead atoms. The summed E-state index contributed by atoms with van der Waals surface area (Å²) in [5.41, 5.74) is 0.955. The van der Waals surface area contributed by atoms with Crippen LogP contribution in [0.3, 0.4) is 0 Å². The van der Waals surface area contributed by atoms with Crippen LogP contribution in [-0.2, 0) is 0 Å². The van der Waals surface area contributed by atoms with Crippen molar-refractivity contribution < 1.29 is 0 Å². The van der Waals surface area contributed by atoms with E-state index in [4.69, 9.17) is 0 Å². The molecule has 0 radical (unpaired) electrons. The summed E-state index contributed by atoms with van der Waals surface area (Å²) in [6, 6.07) is 2.54. The highest BCUT2D eigenvalue weighted by Gasteiger charge is 2.51. The van der Waals surface area contributed by atoms with Gasteiger partial charge in [0.15, 0.2) is 0 Å².